The molecule has 156 valence electrons. The van der Waals surface area contributed by atoms with Crippen molar-refractivity contribution in [2.24, 2.45) is 0 Å². The number of benzene rings is 2. The number of aryl methyl sites for hydroxylation is 1. The Hall–Kier alpha value is -2.08. The Labute approximate surface area is 178 Å². The van der Waals surface area contributed by atoms with Crippen LogP contribution in [0.3, 0.4) is 0 Å². The van der Waals surface area contributed by atoms with Crippen molar-refractivity contribution in [3.05, 3.63) is 64.7 Å². The van der Waals surface area contributed by atoms with E-state index in [2.05, 4.69) is 28.8 Å². The molecular formula is C23H29ClN2O3. The highest BCUT2D eigenvalue weighted by Gasteiger charge is 2.53. The van der Waals surface area contributed by atoms with E-state index in [1.54, 1.807) is 14.2 Å². The van der Waals surface area contributed by atoms with E-state index in [0.717, 1.165) is 37.2 Å². The minimum absolute atomic E-state index is 0. The summed E-state index contributed by atoms with van der Waals surface area (Å²) in [5.74, 6) is 0.699. The van der Waals surface area contributed by atoms with Crippen molar-refractivity contribution < 1.29 is 14.3 Å². The highest BCUT2D eigenvalue weighted by atomic mass is 35.5. The quantitative estimate of drug-likeness (QED) is 0.800. The van der Waals surface area contributed by atoms with Crippen molar-refractivity contribution in [3.63, 3.8) is 0 Å². The van der Waals surface area contributed by atoms with Gasteiger partial charge in [-0.3, -0.25) is 4.79 Å². The van der Waals surface area contributed by atoms with E-state index in [0.29, 0.717) is 5.56 Å². The first-order chi connectivity index (χ1) is 13.6. The summed E-state index contributed by atoms with van der Waals surface area (Å²) in [6, 6.07) is 13.8. The molecule has 1 spiro atoms. The summed E-state index contributed by atoms with van der Waals surface area (Å²) in [7, 11) is 3.40. The second-order valence-corrected chi connectivity index (χ2v) is 7.79. The van der Waals surface area contributed by atoms with Gasteiger partial charge >= 0.3 is 0 Å². The van der Waals surface area contributed by atoms with Crippen LogP contribution in [-0.2, 0) is 10.2 Å². The molecule has 0 aromatic heterocycles. The van der Waals surface area contributed by atoms with Crippen LogP contribution in [0, 0.1) is 6.92 Å². The second kappa shape index (κ2) is 8.74. The van der Waals surface area contributed by atoms with Crippen LogP contribution in [0.5, 0.6) is 5.75 Å². The molecule has 1 aliphatic carbocycles. The molecular weight excluding hydrogens is 388 g/mol. The van der Waals surface area contributed by atoms with E-state index >= 15 is 0 Å². The van der Waals surface area contributed by atoms with Crippen LogP contribution < -0.4 is 15.4 Å². The van der Waals surface area contributed by atoms with Gasteiger partial charge < -0.3 is 20.1 Å². The van der Waals surface area contributed by atoms with Crippen molar-refractivity contribution >= 4 is 18.3 Å². The van der Waals surface area contributed by atoms with E-state index in [1.807, 2.05) is 31.2 Å². The lowest BCUT2D eigenvalue weighted by molar-refractivity contribution is 0.00397. The van der Waals surface area contributed by atoms with Crippen molar-refractivity contribution in [1.82, 2.24) is 10.6 Å². The number of ether oxygens (including phenoxy) is 2. The van der Waals surface area contributed by atoms with Gasteiger partial charge in [0.25, 0.3) is 5.91 Å². The number of methoxy groups -OCH3 is 2. The van der Waals surface area contributed by atoms with Gasteiger partial charge in [-0.2, -0.15) is 0 Å². The Kier molecular flexibility index (Phi) is 6.52. The number of hydrogen-bond acceptors (Lipinski definition) is 4. The Morgan fingerprint density at radius 1 is 1.14 bits per heavy atom. The number of carbonyl (C=O) groups excluding carboxylic acids is 1. The van der Waals surface area contributed by atoms with Crippen molar-refractivity contribution in [3.8, 4) is 5.75 Å². The third-order valence-electron chi connectivity index (χ3n) is 6.37. The maximum absolute atomic E-state index is 13.1. The summed E-state index contributed by atoms with van der Waals surface area (Å²) in [6.07, 6.45) is 1.95. The summed E-state index contributed by atoms with van der Waals surface area (Å²) >= 11 is 0. The highest BCUT2D eigenvalue weighted by Crippen LogP contribution is 2.51. The number of halogens is 1. The lowest BCUT2D eigenvalue weighted by atomic mass is 9.72. The molecule has 2 atom stereocenters. The molecule has 0 bridgehead atoms. The second-order valence-electron chi connectivity index (χ2n) is 7.79. The van der Waals surface area contributed by atoms with Gasteiger partial charge in [0.05, 0.1) is 19.3 Å². The maximum atomic E-state index is 13.1. The Balaban J connectivity index is 0.00000240. The monoisotopic (exact) mass is 416 g/mol. The summed E-state index contributed by atoms with van der Waals surface area (Å²) in [5, 5.41) is 6.72. The standard InChI is InChI=1S/C23H28N2O3.ClH/c1-15-14-16(8-9-19(15)27-2)22(26)25-20-17-6-4-5-7-18(17)23(21(20)28-3)10-12-24-13-11-23;/h4-9,14,20-21,24H,10-13H2,1-3H3,(H,25,26);1H/t20-,21+;/m1./s1. The molecule has 29 heavy (non-hydrogen) atoms. The summed E-state index contributed by atoms with van der Waals surface area (Å²) < 4.78 is 11.3. The molecule has 4 rings (SSSR count). The van der Waals surface area contributed by atoms with E-state index in [9.17, 15) is 4.79 Å². The zero-order chi connectivity index (χ0) is 19.7. The molecule has 2 aromatic rings. The molecule has 1 amide bonds. The minimum atomic E-state index is -0.158. The predicted octanol–water partition coefficient (Wildman–Crippen LogP) is 3.55. The van der Waals surface area contributed by atoms with Gasteiger partial charge in [-0.05, 0) is 67.7 Å². The number of hydrogen-bond donors (Lipinski definition) is 2. The number of rotatable bonds is 4. The first kappa shape index (κ1) is 21.6. The fourth-order valence-electron chi connectivity index (χ4n) is 5.04. The van der Waals surface area contributed by atoms with E-state index in [1.165, 1.54) is 11.1 Å². The smallest absolute Gasteiger partial charge is 0.251 e. The van der Waals surface area contributed by atoms with Crippen LogP contribution in [0.1, 0.15) is 45.9 Å². The number of carbonyl (C=O) groups is 1. The summed E-state index contributed by atoms with van der Waals surface area (Å²) in [4.78, 5) is 13.1. The van der Waals surface area contributed by atoms with Gasteiger partial charge in [-0.1, -0.05) is 24.3 Å². The molecule has 6 heteroatoms. The van der Waals surface area contributed by atoms with Crippen molar-refractivity contribution in [1.29, 1.82) is 0 Å². The Morgan fingerprint density at radius 3 is 2.52 bits per heavy atom. The topological polar surface area (TPSA) is 59.6 Å². The van der Waals surface area contributed by atoms with Gasteiger partial charge in [0, 0.05) is 18.1 Å². The molecule has 1 fully saturated rings. The minimum Gasteiger partial charge on any atom is -0.496 e. The van der Waals surface area contributed by atoms with Crippen LogP contribution >= 0.6 is 12.4 Å². The van der Waals surface area contributed by atoms with Crippen LogP contribution in [-0.4, -0.2) is 39.3 Å². The van der Waals surface area contributed by atoms with Gasteiger partial charge in [-0.25, -0.2) is 0 Å². The van der Waals surface area contributed by atoms with Crippen LogP contribution in [0.4, 0.5) is 0 Å². The van der Waals surface area contributed by atoms with Gasteiger partial charge in [0.1, 0.15) is 5.75 Å². The normalized spacial score (nSPS) is 21.9. The van der Waals surface area contributed by atoms with Gasteiger partial charge in [-0.15, -0.1) is 12.4 Å². The van der Waals surface area contributed by atoms with Crippen LogP contribution in [0.2, 0.25) is 0 Å². The predicted molar refractivity (Wildman–Crippen MR) is 116 cm³/mol. The van der Waals surface area contributed by atoms with Gasteiger partial charge in [0.2, 0.25) is 0 Å². The fraction of sp³-hybridized carbons (Fsp3) is 0.435. The number of amides is 1. The molecule has 2 aromatic carbocycles. The van der Waals surface area contributed by atoms with Crippen molar-refractivity contribution in [2.45, 2.75) is 37.3 Å². The molecule has 2 N–H and O–H groups in total. The SMILES string of the molecule is COc1ccc(C(=O)N[C@@H]2c3ccccc3C3(CCNCC3)[C@H]2OC)cc1C.Cl. The molecule has 0 unspecified atom stereocenters. The Morgan fingerprint density at radius 2 is 1.86 bits per heavy atom. The molecule has 5 nitrogen and oxygen atoms in total. The largest absolute Gasteiger partial charge is 0.496 e. The Bertz CT molecular complexity index is 880. The first-order valence-electron chi connectivity index (χ1n) is 9.89. The number of fused-ring (bicyclic) bond motifs is 2. The first-order valence-corrected chi connectivity index (χ1v) is 9.89. The fourth-order valence-corrected chi connectivity index (χ4v) is 5.04. The van der Waals surface area contributed by atoms with Crippen molar-refractivity contribution in [2.75, 3.05) is 27.3 Å². The third kappa shape index (κ3) is 3.63. The van der Waals surface area contributed by atoms with E-state index in [4.69, 9.17) is 9.47 Å². The molecule has 0 saturated carbocycles. The molecule has 1 aliphatic heterocycles. The maximum Gasteiger partial charge on any atom is 0.251 e. The molecule has 1 heterocycles. The number of nitrogens with one attached hydrogen (secondary N) is 2. The average Bonchev–Trinajstić information content (AvgIpc) is 2.97. The summed E-state index contributed by atoms with van der Waals surface area (Å²) in [6.45, 7) is 3.88. The third-order valence-corrected chi connectivity index (χ3v) is 6.37. The molecule has 0 radical (unpaired) electrons. The highest BCUT2D eigenvalue weighted by molar-refractivity contribution is 5.95. The number of piperidine rings is 1. The average molecular weight is 417 g/mol. The van der Waals surface area contributed by atoms with Crippen LogP contribution in [0.25, 0.3) is 0 Å². The van der Waals surface area contributed by atoms with Crippen LogP contribution in [0.15, 0.2) is 42.5 Å². The lowest BCUT2D eigenvalue weighted by Gasteiger charge is -2.40. The summed E-state index contributed by atoms with van der Waals surface area (Å²) in [5.41, 5.74) is 4.02. The molecule has 1 saturated heterocycles. The van der Waals surface area contributed by atoms with E-state index < -0.39 is 0 Å². The zero-order valence-electron chi connectivity index (χ0n) is 17.2. The lowest BCUT2D eigenvalue weighted by Crippen LogP contribution is -2.49. The zero-order valence-corrected chi connectivity index (χ0v) is 18.0. The van der Waals surface area contributed by atoms with E-state index in [-0.39, 0.29) is 35.9 Å². The molecule has 2 aliphatic rings. The van der Waals surface area contributed by atoms with Gasteiger partial charge in [0.15, 0.2) is 0 Å².